The minimum Gasteiger partial charge on any atom is -0.499 e. The van der Waals surface area contributed by atoms with Crippen molar-refractivity contribution in [3.63, 3.8) is 0 Å². The van der Waals surface area contributed by atoms with Gasteiger partial charge in [0.15, 0.2) is 0 Å². The molecule has 0 spiro atoms. The Bertz CT molecular complexity index is 996. The molecule has 0 radical (unpaired) electrons. The van der Waals surface area contributed by atoms with Gasteiger partial charge in [0, 0.05) is 21.3 Å². The van der Waals surface area contributed by atoms with E-state index in [1.165, 1.54) is 18.8 Å². The molecule has 0 rings (SSSR count). The van der Waals surface area contributed by atoms with Gasteiger partial charge >= 0.3 is 0 Å². The zero-order valence-corrected chi connectivity index (χ0v) is 46.3. The van der Waals surface area contributed by atoms with Gasteiger partial charge in [-0.1, -0.05) is 19.7 Å². The molecule has 0 saturated heterocycles. The molecule has 75 heavy (non-hydrogen) atoms. The third-order valence-corrected chi connectivity index (χ3v) is 8.27. The molecule has 0 unspecified atom stereocenters. The van der Waals surface area contributed by atoms with Crippen LogP contribution in [0.4, 0.5) is 0 Å². The summed E-state index contributed by atoms with van der Waals surface area (Å²) >= 11 is 0. The molecule has 0 N–H and O–H groups in total. The number of methoxy groups -OCH3 is 3. The third-order valence-electron chi connectivity index (χ3n) is 8.27. The molecule has 0 aliphatic heterocycles. The van der Waals surface area contributed by atoms with Crippen molar-refractivity contribution in [3.8, 4) is 0 Å². The van der Waals surface area contributed by atoms with Crippen LogP contribution >= 0.6 is 0 Å². The summed E-state index contributed by atoms with van der Waals surface area (Å²) in [5, 5.41) is 0. The highest BCUT2D eigenvalue weighted by molar-refractivity contribution is 4.49. The predicted octanol–water partition coefficient (Wildman–Crippen LogP) is 2.68. The van der Waals surface area contributed by atoms with Crippen molar-refractivity contribution in [1.82, 2.24) is 0 Å². The Kier molecular flexibility index (Phi) is 82.8. The lowest BCUT2D eigenvalue weighted by atomic mass is 10.6. The molecule has 0 aliphatic rings. The van der Waals surface area contributed by atoms with Gasteiger partial charge in [-0.05, 0) is 0 Å². The van der Waals surface area contributed by atoms with Crippen LogP contribution in [-0.4, -0.2) is 299 Å². The first kappa shape index (κ1) is 77.0. The molecule has 0 heterocycles. The molecule has 450 valence electrons. The first-order valence-corrected chi connectivity index (χ1v) is 25.8. The third kappa shape index (κ3) is 85.9. The van der Waals surface area contributed by atoms with Crippen LogP contribution < -0.4 is 0 Å². The number of hydrogen-bond donors (Lipinski definition) is 0. The molecule has 0 atom stereocenters. The SMILES string of the molecule is C=COCCOCCOCCOCCOCCOCCOC.C=COCCOCCOCCOCCOCCOCCOCCOC.C=COCCOCCOCCOCCOCCOCCOCCOCCOC. The number of hydrogen-bond acceptors (Lipinski definition) is 24. The molecule has 24 heteroatoms. The van der Waals surface area contributed by atoms with E-state index < -0.39 is 0 Å². The fourth-order valence-corrected chi connectivity index (χ4v) is 4.60. The number of ether oxygens (including phenoxy) is 24. The minimum absolute atomic E-state index is 0.510. The van der Waals surface area contributed by atoms with E-state index in [0.717, 1.165) is 0 Å². The maximum atomic E-state index is 5.41. The highest BCUT2D eigenvalue weighted by Gasteiger charge is 1.98. The van der Waals surface area contributed by atoms with Gasteiger partial charge in [0.05, 0.1) is 276 Å². The maximum absolute atomic E-state index is 5.41. The quantitative estimate of drug-likeness (QED) is 0.0631. The normalized spacial score (nSPS) is 10.9. The summed E-state index contributed by atoms with van der Waals surface area (Å²) < 4.78 is 125. The van der Waals surface area contributed by atoms with Crippen LogP contribution in [0.5, 0.6) is 0 Å². The van der Waals surface area contributed by atoms with Gasteiger partial charge in [-0.3, -0.25) is 0 Å². The average molecular weight is 1100 g/mol. The van der Waals surface area contributed by atoms with E-state index in [1.807, 2.05) is 0 Å². The highest BCUT2D eigenvalue weighted by atomic mass is 16.6. The summed E-state index contributed by atoms with van der Waals surface area (Å²) in [6, 6.07) is 0. The molecule has 0 bridgehead atoms. The standard InChI is InChI=1S/C19H38O9.C17H34O8.C15H30O7/c1-3-21-6-7-23-10-11-25-14-15-27-18-19-28-17-16-26-13-12-24-9-8-22-5-4-20-2;1-3-19-6-7-21-10-11-23-14-15-25-17-16-24-13-12-22-9-8-20-5-4-18-2;1-3-17-6-7-19-10-11-21-14-15-22-13-12-20-9-8-18-5-4-16-2/h3H,1,4-19H2,2H3;3H,1,4-17H2,2H3;3H,1,4-15H2,2H3. The van der Waals surface area contributed by atoms with Crippen LogP contribution in [0.2, 0.25) is 0 Å². The van der Waals surface area contributed by atoms with Crippen LogP contribution in [0.15, 0.2) is 38.5 Å². The highest BCUT2D eigenvalue weighted by Crippen LogP contribution is 1.89. The molecule has 0 amide bonds. The molecule has 0 aromatic rings. The fraction of sp³-hybridized carbons (Fsp3) is 0.882. The van der Waals surface area contributed by atoms with Gasteiger partial charge < -0.3 is 114 Å². The molecule has 24 nitrogen and oxygen atoms in total. The van der Waals surface area contributed by atoms with E-state index in [1.54, 1.807) is 21.3 Å². The maximum Gasteiger partial charge on any atom is 0.111 e. The fourth-order valence-electron chi connectivity index (χ4n) is 4.60. The Balaban J connectivity index is -0.00000104. The first-order chi connectivity index (χ1) is 37.2. The summed E-state index contributed by atoms with van der Waals surface area (Å²) in [5.74, 6) is 0. The van der Waals surface area contributed by atoms with Crippen molar-refractivity contribution in [1.29, 1.82) is 0 Å². The van der Waals surface area contributed by atoms with E-state index >= 15 is 0 Å². The van der Waals surface area contributed by atoms with Crippen molar-refractivity contribution >= 4 is 0 Å². The zero-order chi connectivity index (χ0) is 54.8. The first-order valence-electron chi connectivity index (χ1n) is 25.8. The topological polar surface area (TPSA) is 222 Å². The summed E-state index contributed by atoms with van der Waals surface area (Å²) in [4.78, 5) is 0. The zero-order valence-electron chi connectivity index (χ0n) is 46.3. The molecule has 0 aromatic carbocycles. The van der Waals surface area contributed by atoms with E-state index in [0.29, 0.717) is 277 Å². The summed E-state index contributed by atoms with van der Waals surface area (Å²) in [6.45, 7) is 33.5. The van der Waals surface area contributed by atoms with Gasteiger partial charge in [0.2, 0.25) is 0 Å². The smallest absolute Gasteiger partial charge is 0.111 e. The molecule has 0 fully saturated rings. The summed E-state index contributed by atoms with van der Waals surface area (Å²) in [6.07, 6.45) is 4.19. The second-order valence-corrected chi connectivity index (χ2v) is 14.1. The van der Waals surface area contributed by atoms with Crippen LogP contribution in [0, 0.1) is 0 Å². The second-order valence-electron chi connectivity index (χ2n) is 14.1. The van der Waals surface area contributed by atoms with Crippen molar-refractivity contribution in [2.75, 3.05) is 299 Å². The second kappa shape index (κ2) is 80.6. The van der Waals surface area contributed by atoms with E-state index in [-0.39, 0.29) is 0 Å². The molecule has 0 aliphatic carbocycles. The lowest BCUT2D eigenvalue weighted by molar-refractivity contribution is -0.0230. The molecule has 0 saturated carbocycles. The van der Waals surface area contributed by atoms with Crippen molar-refractivity contribution in [2.24, 2.45) is 0 Å². The van der Waals surface area contributed by atoms with Crippen molar-refractivity contribution in [2.45, 2.75) is 0 Å². The summed E-state index contributed by atoms with van der Waals surface area (Å²) in [5.41, 5.74) is 0. The van der Waals surface area contributed by atoms with E-state index in [9.17, 15) is 0 Å². The Labute approximate surface area is 450 Å². The lowest BCUT2D eigenvalue weighted by Crippen LogP contribution is -2.15. The minimum atomic E-state index is 0.510. The Morgan fingerprint density at radius 3 is 0.347 bits per heavy atom. The molecule has 0 aromatic heterocycles. The van der Waals surface area contributed by atoms with Crippen LogP contribution in [0.1, 0.15) is 0 Å². The Morgan fingerprint density at radius 1 is 0.160 bits per heavy atom. The van der Waals surface area contributed by atoms with Gasteiger partial charge in [0.1, 0.15) is 19.8 Å². The van der Waals surface area contributed by atoms with Crippen LogP contribution in [0.25, 0.3) is 0 Å². The monoisotopic (exact) mass is 1100 g/mol. The van der Waals surface area contributed by atoms with E-state index in [2.05, 4.69) is 19.7 Å². The largest absolute Gasteiger partial charge is 0.499 e. The lowest BCUT2D eigenvalue weighted by Gasteiger charge is -2.08. The van der Waals surface area contributed by atoms with Gasteiger partial charge in [-0.2, -0.15) is 0 Å². The van der Waals surface area contributed by atoms with Gasteiger partial charge in [-0.25, -0.2) is 0 Å². The summed E-state index contributed by atoms with van der Waals surface area (Å²) in [7, 11) is 4.94. The molecular formula is C51H102O24. The molecular weight excluding hydrogens is 997 g/mol. The predicted molar refractivity (Wildman–Crippen MR) is 279 cm³/mol. The number of rotatable bonds is 66. The van der Waals surface area contributed by atoms with E-state index in [4.69, 9.17) is 114 Å². The van der Waals surface area contributed by atoms with Crippen LogP contribution in [0.3, 0.4) is 0 Å². The van der Waals surface area contributed by atoms with Crippen molar-refractivity contribution in [3.05, 3.63) is 38.5 Å². The van der Waals surface area contributed by atoms with Gasteiger partial charge in [0.25, 0.3) is 0 Å². The Morgan fingerprint density at radius 2 is 0.253 bits per heavy atom. The average Bonchev–Trinajstić information content (AvgIpc) is 3.42. The Hall–Kier alpha value is -2.22. The van der Waals surface area contributed by atoms with Gasteiger partial charge in [-0.15, -0.1) is 0 Å². The van der Waals surface area contributed by atoms with Crippen molar-refractivity contribution < 1.29 is 114 Å². The van der Waals surface area contributed by atoms with Crippen LogP contribution in [-0.2, 0) is 114 Å².